The Morgan fingerprint density at radius 3 is 2.58 bits per heavy atom. The van der Waals surface area contributed by atoms with Crippen molar-refractivity contribution in [3.8, 4) is 11.6 Å². The van der Waals surface area contributed by atoms with Crippen LogP contribution in [0.4, 0.5) is 5.82 Å². The minimum absolute atomic E-state index is 0.393. The van der Waals surface area contributed by atoms with Crippen LogP contribution in [-0.2, 0) is 7.05 Å². The number of aryl methyl sites for hydroxylation is 2. The van der Waals surface area contributed by atoms with Gasteiger partial charge in [-0.25, -0.2) is 15.0 Å². The van der Waals surface area contributed by atoms with Crippen LogP contribution in [0.5, 0.6) is 0 Å². The first kappa shape index (κ1) is 13.5. The molecule has 2 aromatic rings. The molecule has 0 saturated heterocycles. The van der Waals surface area contributed by atoms with Gasteiger partial charge in [0.05, 0.1) is 0 Å². The van der Waals surface area contributed by atoms with Crippen LogP contribution in [0.1, 0.15) is 37.9 Å². The molecule has 5 heteroatoms. The van der Waals surface area contributed by atoms with E-state index in [1.54, 1.807) is 6.20 Å². The SMILES string of the molecule is CCNc1nc(-c2nccn2C)nc(C)c1C(C)C. The Bertz CT molecular complexity index is 571. The maximum absolute atomic E-state index is 4.64. The number of rotatable bonds is 4. The number of hydrogen-bond acceptors (Lipinski definition) is 4. The van der Waals surface area contributed by atoms with E-state index in [4.69, 9.17) is 0 Å². The number of nitrogens with zero attached hydrogens (tertiary/aromatic N) is 4. The van der Waals surface area contributed by atoms with Gasteiger partial charge in [0.2, 0.25) is 0 Å². The van der Waals surface area contributed by atoms with E-state index < -0.39 is 0 Å². The van der Waals surface area contributed by atoms with Gasteiger partial charge in [-0.15, -0.1) is 0 Å². The molecule has 0 spiro atoms. The lowest BCUT2D eigenvalue weighted by Gasteiger charge is -2.16. The van der Waals surface area contributed by atoms with Crippen LogP contribution in [0.3, 0.4) is 0 Å². The Labute approximate surface area is 114 Å². The number of hydrogen-bond donors (Lipinski definition) is 1. The van der Waals surface area contributed by atoms with Gasteiger partial charge in [0.1, 0.15) is 5.82 Å². The zero-order valence-corrected chi connectivity index (χ0v) is 12.2. The van der Waals surface area contributed by atoms with Crippen molar-refractivity contribution in [1.82, 2.24) is 19.5 Å². The molecular formula is C14H21N5. The number of anilines is 1. The summed E-state index contributed by atoms with van der Waals surface area (Å²) in [5.41, 5.74) is 2.19. The molecule has 0 unspecified atom stereocenters. The molecule has 0 fully saturated rings. The van der Waals surface area contributed by atoms with E-state index in [9.17, 15) is 0 Å². The summed E-state index contributed by atoms with van der Waals surface area (Å²) in [6.07, 6.45) is 3.66. The van der Waals surface area contributed by atoms with Gasteiger partial charge >= 0.3 is 0 Å². The molecule has 2 rings (SSSR count). The van der Waals surface area contributed by atoms with Crippen LogP contribution >= 0.6 is 0 Å². The molecule has 0 aliphatic rings. The van der Waals surface area contributed by atoms with Gasteiger partial charge in [-0.1, -0.05) is 13.8 Å². The number of aromatic nitrogens is 4. The van der Waals surface area contributed by atoms with E-state index >= 15 is 0 Å². The quantitative estimate of drug-likeness (QED) is 0.917. The van der Waals surface area contributed by atoms with Crippen LogP contribution in [0, 0.1) is 6.92 Å². The van der Waals surface area contributed by atoms with Crippen molar-refractivity contribution in [3.05, 3.63) is 23.7 Å². The van der Waals surface area contributed by atoms with Crippen molar-refractivity contribution < 1.29 is 0 Å². The molecule has 0 amide bonds. The highest BCUT2D eigenvalue weighted by Gasteiger charge is 2.16. The van der Waals surface area contributed by atoms with Crippen molar-refractivity contribution >= 4 is 5.82 Å². The van der Waals surface area contributed by atoms with Crippen LogP contribution in [0.25, 0.3) is 11.6 Å². The number of nitrogens with one attached hydrogen (secondary N) is 1. The lowest BCUT2D eigenvalue weighted by Crippen LogP contribution is -2.10. The Kier molecular flexibility index (Phi) is 3.83. The smallest absolute Gasteiger partial charge is 0.198 e. The van der Waals surface area contributed by atoms with Gasteiger partial charge in [-0.05, 0) is 19.8 Å². The summed E-state index contributed by atoms with van der Waals surface area (Å²) >= 11 is 0. The van der Waals surface area contributed by atoms with E-state index in [2.05, 4.69) is 41.0 Å². The molecule has 1 N–H and O–H groups in total. The Hall–Kier alpha value is -1.91. The first-order chi connectivity index (χ1) is 9.04. The average molecular weight is 259 g/mol. The second kappa shape index (κ2) is 5.38. The van der Waals surface area contributed by atoms with E-state index in [1.165, 1.54) is 5.56 Å². The van der Waals surface area contributed by atoms with Crippen LogP contribution in [0.2, 0.25) is 0 Å². The molecule has 2 heterocycles. The molecule has 102 valence electrons. The largest absolute Gasteiger partial charge is 0.370 e. The van der Waals surface area contributed by atoms with Crippen molar-refractivity contribution in [3.63, 3.8) is 0 Å². The lowest BCUT2D eigenvalue weighted by molar-refractivity contribution is 0.824. The average Bonchev–Trinajstić information content (AvgIpc) is 2.74. The fourth-order valence-corrected chi connectivity index (χ4v) is 2.26. The normalized spacial score (nSPS) is 11.1. The van der Waals surface area contributed by atoms with Gasteiger partial charge in [-0.3, -0.25) is 0 Å². The topological polar surface area (TPSA) is 55.6 Å². The third-order valence-electron chi connectivity index (χ3n) is 3.08. The van der Waals surface area contributed by atoms with Crippen molar-refractivity contribution in [2.24, 2.45) is 7.05 Å². The van der Waals surface area contributed by atoms with Crippen LogP contribution in [0.15, 0.2) is 12.4 Å². The van der Waals surface area contributed by atoms with Gasteiger partial charge in [0, 0.05) is 37.2 Å². The Morgan fingerprint density at radius 1 is 1.32 bits per heavy atom. The standard InChI is InChI=1S/C14H21N5/c1-6-15-12-11(9(2)3)10(4)17-13(18-12)14-16-7-8-19(14)5/h7-9H,6H2,1-5H3,(H,15,17,18). The van der Waals surface area contributed by atoms with E-state index in [1.807, 2.05) is 24.7 Å². The van der Waals surface area contributed by atoms with Crippen molar-refractivity contribution in [1.29, 1.82) is 0 Å². The van der Waals surface area contributed by atoms with Gasteiger partial charge in [-0.2, -0.15) is 0 Å². The summed E-state index contributed by atoms with van der Waals surface area (Å²) in [4.78, 5) is 13.6. The van der Waals surface area contributed by atoms with Gasteiger partial charge in [0.15, 0.2) is 11.6 Å². The Balaban J connectivity index is 2.57. The summed E-state index contributed by atoms with van der Waals surface area (Å²) in [7, 11) is 1.95. The minimum atomic E-state index is 0.393. The molecule has 0 atom stereocenters. The van der Waals surface area contributed by atoms with Crippen molar-refractivity contribution in [2.45, 2.75) is 33.6 Å². The monoisotopic (exact) mass is 259 g/mol. The fraction of sp³-hybridized carbons (Fsp3) is 0.500. The summed E-state index contributed by atoms with van der Waals surface area (Å²) in [6, 6.07) is 0. The minimum Gasteiger partial charge on any atom is -0.370 e. The molecule has 19 heavy (non-hydrogen) atoms. The highest BCUT2D eigenvalue weighted by molar-refractivity contribution is 5.55. The molecular weight excluding hydrogens is 238 g/mol. The third-order valence-corrected chi connectivity index (χ3v) is 3.08. The molecule has 5 nitrogen and oxygen atoms in total. The second-order valence-corrected chi connectivity index (χ2v) is 4.94. The second-order valence-electron chi connectivity index (χ2n) is 4.94. The summed E-state index contributed by atoms with van der Waals surface area (Å²) in [5, 5.41) is 3.33. The summed E-state index contributed by atoms with van der Waals surface area (Å²) in [5.74, 6) is 2.77. The molecule has 0 aliphatic heterocycles. The summed E-state index contributed by atoms with van der Waals surface area (Å²) in [6.45, 7) is 9.27. The highest BCUT2D eigenvalue weighted by atomic mass is 15.1. The first-order valence-electron chi connectivity index (χ1n) is 6.64. The van der Waals surface area contributed by atoms with Crippen molar-refractivity contribution in [2.75, 3.05) is 11.9 Å². The number of imidazole rings is 1. The summed E-state index contributed by atoms with van der Waals surface area (Å²) < 4.78 is 1.93. The van der Waals surface area contributed by atoms with Crippen LogP contribution < -0.4 is 5.32 Å². The maximum Gasteiger partial charge on any atom is 0.198 e. The van der Waals surface area contributed by atoms with Gasteiger partial charge < -0.3 is 9.88 Å². The van der Waals surface area contributed by atoms with Crippen LogP contribution in [-0.4, -0.2) is 26.1 Å². The zero-order valence-electron chi connectivity index (χ0n) is 12.2. The van der Waals surface area contributed by atoms with E-state index in [0.29, 0.717) is 11.7 Å². The lowest BCUT2D eigenvalue weighted by atomic mass is 10.0. The predicted octanol–water partition coefficient (Wildman–Crippen LogP) is 2.74. The molecule has 0 aliphatic carbocycles. The molecule has 0 aromatic carbocycles. The van der Waals surface area contributed by atoms with E-state index in [-0.39, 0.29) is 0 Å². The van der Waals surface area contributed by atoms with E-state index in [0.717, 1.165) is 23.9 Å². The predicted molar refractivity (Wildman–Crippen MR) is 77.2 cm³/mol. The zero-order chi connectivity index (χ0) is 14.0. The molecule has 2 aromatic heterocycles. The fourth-order valence-electron chi connectivity index (χ4n) is 2.26. The van der Waals surface area contributed by atoms with Gasteiger partial charge in [0.25, 0.3) is 0 Å². The molecule has 0 radical (unpaired) electrons. The molecule has 0 saturated carbocycles. The maximum atomic E-state index is 4.64. The first-order valence-corrected chi connectivity index (χ1v) is 6.64. The Morgan fingerprint density at radius 2 is 2.05 bits per heavy atom. The molecule has 0 bridgehead atoms. The highest BCUT2D eigenvalue weighted by Crippen LogP contribution is 2.27. The third kappa shape index (κ3) is 2.59.